The van der Waals surface area contributed by atoms with Crippen LogP contribution in [0.1, 0.15) is 0 Å². The average molecular weight is 420 g/mol. The standard InChI is InChI=1S/C8H12N2O9S3.2Na/c11-5-6-20(12,13)8-3-1-7(2-4-8)10(22(17,18)19)9-21(14,15)16;;/h1-4,9,11H,5-6H2,(H,14,15,16)(H,17,18,19);;/q;2*+1/p-2. The van der Waals surface area contributed by atoms with E-state index in [1.165, 1.54) is 0 Å². The number of aliphatic hydroxyl groups excluding tert-OH is 1. The summed E-state index contributed by atoms with van der Waals surface area (Å²) in [5, 5.41) is 8.62. The molecule has 11 nitrogen and oxygen atoms in total. The van der Waals surface area contributed by atoms with Crippen LogP contribution < -0.4 is 68.4 Å². The molecule has 1 aromatic rings. The van der Waals surface area contributed by atoms with E-state index in [9.17, 15) is 34.4 Å². The Kier molecular flexibility index (Phi) is 11.4. The Hall–Kier alpha value is 0.710. The van der Waals surface area contributed by atoms with Crippen LogP contribution in [-0.4, -0.2) is 51.8 Å². The Morgan fingerprint density at radius 3 is 1.75 bits per heavy atom. The summed E-state index contributed by atoms with van der Waals surface area (Å²) in [6.07, 6.45) is 0. The van der Waals surface area contributed by atoms with E-state index in [0.717, 1.165) is 29.1 Å². The van der Waals surface area contributed by atoms with Crippen molar-refractivity contribution in [3.63, 3.8) is 0 Å². The van der Waals surface area contributed by atoms with Crippen molar-refractivity contribution in [3.8, 4) is 0 Å². The van der Waals surface area contributed by atoms with Gasteiger partial charge in [0.25, 0.3) is 0 Å². The molecular weight excluding hydrogens is 410 g/mol. The molecule has 0 fully saturated rings. The molecule has 0 amide bonds. The van der Waals surface area contributed by atoms with Crippen molar-refractivity contribution in [1.82, 2.24) is 4.83 Å². The maximum Gasteiger partial charge on any atom is 1.00 e. The van der Waals surface area contributed by atoms with Crippen molar-refractivity contribution in [3.05, 3.63) is 24.3 Å². The van der Waals surface area contributed by atoms with Crippen molar-refractivity contribution >= 4 is 36.1 Å². The number of hydrogen-bond acceptors (Lipinski definition) is 9. The summed E-state index contributed by atoms with van der Waals surface area (Å²) in [7, 11) is -14.5. The van der Waals surface area contributed by atoms with Gasteiger partial charge < -0.3 is 14.2 Å². The molecule has 0 aliphatic rings. The van der Waals surface area contributed by atoms with Crippen LogP contribution in [0.4, 0.5) is 5.69 Å². The molecule has 0 radical (unpaired) electrons. The van der Waals surface area contributed by atoms with Crippen molar-refractivity contribution in [2.45, 2.75) is 4.90 Å². The first-order valence-corrected chi connectivity index (χ1v) is 9.72. The van der Waals surface area contributed by atoms with Gasteiger partial charge in [-0.1, -0.05) is 0 Å². The smallest absolute Gasteiger partial charge is 0.734 e. The molecule has 0 aliphatic carbocycles. The Bertz CT molecular complexity index is 837. The molecule has 0 heterocycles. The van der Waals surface area contributed by atoms with Gasteiger partial charge in [0.2, 0.25) is 0 Å². The van der Waals surface area contributed by atoms with Gasteiger partial charge in [0, 0.05) is 0 Å². The molecule has 0 saturated heterocycles. The predicted octanol–water partition coefficient (Wildman–Crippen LogP) is -8.31. The molecule has 0 aliphatic heterocycles. The summed E-state index contributed by atoms with van der Waals surface area (Å²) >= 11 is 0. The Balaban J connectivity index is 0. The molecule has 126 valence electrons. The summed E-state index contributed by atoms with van der Waals surface area (Å²) in [6, 6.07) is 3.38. The monoisotopic (exact) mass is 420 g/mol. The quantitative estimate of drug-likeness (QED) is 0.246. The first-order valence-electron chi connectivity index (χ1n) is 5.30. The zero-order valence-corrected chi connectivity index (χ0v) is 19.1. The minimum absolute atomic E-state index is 0. The number of sulfone groups is 1. The Morgan fingerprint density at radius 2 is 1.42 bits per heavy atom. The fraction of sp³-hybridized carbons (Fsp3) is 0.250. The molecule has 2 N–H and O–H groups in total. The van der Waals surface area contributed by atoms with Crippen molar-refractivity contribution in [2.75, 3.05) is 16.8 Å². The van der Waals surface area contributed by atoms with Gasteiger partial charge in [0.1, 0.15) is 0 Å². The largest absolute Gasteiger partial charge is 1.00 e. The van der Waals surface area contributed by atoms with Gasteiger partial charge in [-0.05, 0) is 24.3 Å². The maximum atomic E-state index is 11.6. The first-order chi connectivity index (χ1) is 9.87. The number of aliphatic hydroxyl groups is 1. The topological polar surface area (TPSA) is 184 Å². The summed E-state index contributed by atoms with van der Waals surface area (Å²) in [4.78, 5) is 0.663. The third-order valence-electron chi connectivity index (χ3n) is 2.21. The third-order valence-corrected chi connectivity index (χ3v) is 5.19. The van der Waals surface area contributed by atoms with Gasteiger partial charge in [-0.25, -0.2) is 25.3 Å². The van der Waals surface area contributed by atoms with Gasteiger partial charge in [-0.2, -0.15) is 4.41 Å². The fourth-order valence-corrected chi connectivity index (χ4v) is 3.71. The second kappa shape index (κ2) is 10.1. The molecule has 0 atom stereocenters. The number of hydrogen-bond donors (Lipinski definition) is 2. The fourth-order valence-electron chi connectivity index (χ4n) is 1.36. The number of hydrazine groups is 1. The number of anilines is 1. The molecular formula is C8H10N2Na2O9S3. The summed E-state index contributed by atoms with van der Waals surface area (Å²) in [5.41, 5.74) is -0.586. The van der Waals surface area contributed by atoms with Gasteiger partial charge >= 0.3 is 59.1 Å². The van der Waals surface area contributed by atoms with Crippen LogP contribution in [0, 0.1) is 0 Å². The van der Waals surface area contributed by atoms with E-state index >= 15 is 0 Å². The van der Waals surface area contributed by atoms with Gasteiger partial charge in [-0.15, -0.1) is 4.83 Å². The molecule has 0 bridgehead atoms. The van der Waals surface area contributed by atoms with Crippen LogP contribution in [0.15, 0.2) is 29.2 Å². The molecule has 1 aromatic carbocycles. The van der Waals surface area contributed by atoms with Gasteiger partial charge in [0.05, 0.1) is 22.9 Å². The van der Waals surface area contributed by atoms with E-state index < -0.39 is 52.9 Å². The Morgan fingerprint density at radius 1 is 0.958 bits per heavy atom. The second-order valence-electron chi connectivity index (χ2n) is 3.80. The molecule has 1 rings (SSSR count). The number of nitrogens with zero attached hydrogens (tertiary/aromatic N) is 1. The van der Waals surface area contributed by atoms with E-state index in [1.807, 2.05) is 0 Å². The van der Waals surface area contributed by atoms with Crippen molar-refractivity contribution in [2.24, 2.45) is 0 Å². The molecule has 0 saturated carbocycles. The van der Waals surface area contributed by atoms with Crippen LogP contribution in [0.2, 0.25) is 0 Å². The molecule has 24 heavy (non-hydrogen) atoms. The normalized spacial score (nSPS) is 12.0. The van der Waals surface area contributed by atoms with E-state index in [1.54, 1.807) is 0 Å². The molecule has 0 unspecified atom stereocenters. The SMILES string of the molecule is O=S(=O)([O-])NN(c1ccc(S(=O)(=O)CCO)cc1)S(=O)(=O)[O-].[Na+].[Na+]. The third kappa shape index (κ3) is 8.39. The number of nitrogens with one attached hydrogen (secondary N) is 1. The van der Waals surface area contributed by atoms with Crippen LogP contribution >= 0.6 is 0 Å². The molecule has 0 spiro atoms. The van der Waals surface area contributed by atoms with E-state index in [0.29, 0.717) is 0 Å². The van der Waals surface area contributed by atoms with Crippen LogP contribution in [0.5, 0.6) is 0 Å². The van der Waals surface area contributed by atoms with Gasteiger partial charge in [0.15, 0.2) is 30.4 Å². The minimum Gasteiger partial charge on any atom is -0.734 e. The summed E-state index contributed by atoms with van der Waals surface area (Å²) < 4.78 is 87.3. The molecule has 0 aromatic heterocycles. The average Bonchev–Trinajstić information content (AvgIpc) is 2.34. The minimum atomic E-state index is -5.41. The van der Waals surface area contributed by atoms with Crippen molar-refractivity contribution < 1.29 is 98.6 Å². The number of benzene rings is 1. The zero-order valence-electron chi connectivity index (χ0n) is 12.6. The summed E-state index contributed by atoms with van der Waals surface area (Å²) in [6.45, 7) is -0.638. The molecule has 16 heteroatoms. The Labute approximate surface area is 183 Å². The summed E-state index contributed by atoms with van der Waals surface area (Å²) in [5.74, 6) is -0.580. The van der Waals surface area contributed by atoms with E-state index in [-0.39, 0.29) is 64.0 Å². The van der Waals surface area contributed by atoms with Crippen LogP contribution in [0.3, 0.4) is 0 Å². The van der Waals surface area contributed by atoms with E-state index in [4.69, 9.17) is 5.11 Å². The first kappa shape index (κ1) is 26.9. The van der Waals surface area contributed by atoms with Crippen LogP contribution in [0.25, 0.3) is 0 Å². The van der Waals surface area contributed by atoms with Crippen molar-refractivity contribution in [1.29, 1.82) is 0 Å². The van der Waals surface area contributed by atoms with E-state index in [2.05, 4.69) is 0 Å². The second-order valence-corrected chi connectivity index (χ2v) is 8.22. The maximum absolute atomic E-state index is 11.6. The van der Waals surface area contributed by atoms with Gasteiger partial charge in [-0.3, -0.25) is 0 Å². The van der Waals surface area contributed by atoms with Crippen LogP contribution in [-0.2, 0) is 30.4 Å². The predicted molar refractivity (Wildman–Crippen MR) is 70.6 cm³/mol. The zero-order chi connectivity index (χ0) is 17.2. The number of rotatable bonds is 7.